The van der Waals surface area contributed by atoms with E-state index in [1.54, 1.807) is 0 Å². The number of hydrogen-bond donors (Lipinski definition) is 0. The van der Waals surface area contributed by atoms with E-state index in [4.69, 9.17) is 9.47 Å². The molecule has 7 nitrogen and oxygen atoms in total. The van der Waals surface area contributed by atoms with Crippen molar-refractivity contribution in [3.63, 3.8) is 0 Å². The number of nitrogens with zero attached hydrogens (tertiary/aromatic N) is 3. The average molecular weight is 404 g/mol. The summed E-state index contributed by atoms with van der Waals surface area (Å²) in [6, 6.07) is 7.72. The lowest BCUT2D eigenvalue weighted by atomic mass is 9.90. The molecule has 29 heavy (non-hydrogen) atoms. The number of rotatable bonds is 6. The molecular formula is C22H33N3O4. The van der Waals surface area contributed by atoms with Gasteiger partial charge < -0.3 is 24.2 Å². The molecule has 0 atom stereocenters. The Kier molecular flexibility index (Phi) is 7.14. The highest BCUT2D eigenvalue weighted by molar-refractivity contribution is 5.95. The second-order valence-corrected chi connectivity index (χ2v) is 8.03. The van der Waals surface area contributed by atoms with E-state index >= 15 is 0 Å². The van der Waals surface area contributed by atoms with Gasteiger partial charge in [0.05, 0.1) is 25.2 Å². The number of carbonyl (C=O) groups excluding carboxylic acids is 2. The van der Waals surface area contributed by atoms with Gasteiger partial charge in [-0.2, -0.15) is 0 Å². The monoisotopic (exact) mass is 403 g/mol. The molecule has 0 aromatic heterocycles. The number of piperidine rings is 1. The molecule has 0 bridgehead atoms. The van der Waals surface area contributed by atoms with Crippen LogP contribution in [0.4, 0.5) is 5.69 Å². The molecule has 0 aliphatic carbocycles. The van der Waals surface area contributed by atoms with Gasteiger partial charge in [0, 0.05) is 58.1 Å². The number of ether oxygens (including phenoxy) is 2. The maximum absolute atomic E-state index is 13.0. The van der Waals surface area contributed by atoms with Crippen LogP contribution in [0.2, 0.25) is 0 Å². The summed E-state index contributed by atoms with van der Waals surface area (Å²) in [6.45, 7) is 6.05. The van der Waals surface area contributed by atoms with Crippen molar-refractivity contribution in [1.29, 1.82) is 0 Å². The smallest absolute Gasteiger partial charge is 0.253 e. The zero-order valence-corrected chi connectivity index (χ0v) is 17.9. The van der Waals surface area contributed by atoms with E-state index in [9.17, 15) is 9.59 Å². The molecule has 0 N–H and O–H groups in total. The van der Waals surface area contributed by atoms with E-state index in [0.717, 1.165) is 18.5 Å². The summed E-state index contributed by atoms with van der Waals surface area (Å²) in [5.41, 5.74) is 1.36. The Hall–Kier alpha value is -2.12. The summed E-state index contributed by atoms with van der Waals surface area (Å²) in [5, 5.41) is 0. The fraction of sp³-hybridized carbons (Fsp3) is 0.636. The SMILES string of the molecule is CCOCCN1CC2(CCN(C(=O)c3cccc(N(C)C)c3)CC2)OCCC1=O. The van der Waals surface area contributed by atoms with Gasteiger partial charge in [-0.3, -0.25) is 9.59 Å². The van der Waals surface area contributed by atoms with Crippen molar-refractivity contribution in [2.45, 2.75) is 31.8 Å². The Balaban J connectivity index is 1.63. The van der Waals surface area contributed by atoms with Crippen LogP contribution < -0.4 is 4.90 Å². The highest BCUT2D eigenvalue weighted by Crippen LogP contribution is 2.31. The summed E-state index contributed by atoms with van der Waals surface area (Å²) in [5.74, 6) is 0.182. The molecule has 3 rings (SSSR count). The van der Waals surface area contributed by atoms with Gasteiger partial charge in [-0.25, -0.2) is 0 Å². The van der Waals surface area contributed by atoms with Gasteiger partial charge >= 0.3 is 0 Å². The first kappa shape index (κ1) is 21.6. The number of carbonyl (C=O) groups is 2. The Morgan fingerprint density at radius 1 is 1.28 bits per heavy atom. The van der Waals surface area contributed by atoms with E-state index in [1.807, 2.05) is 60.0 Å². The molecule has 0 saturated carbocycles. The van der Waals surface area contributed by atoms with Crippen molar-refractivity contribution < 1.29 is 19.1 Å². The maximum Gasteiger partial charge on any atom is 0.253 e. The largest absolute Gasteiger partial charge is 0.380 e. The molecule has 1 spiro atoms. The molecule has 2 saturated heterocycles. The Labute approximate surface area is 173 Å². The average Bonchev–Trinajstić information content (AvgIpc) is 2.87. The number of hydrogen-bond acceptors (Lipinski definition) is 5. The zero-order chi connectivity index (χ0) is 20.9. The van der Waals surface area contributed by atoms with Gasteiger partial charge in [-0.05, 0) is 38.0 Å². The van der Waals surface area contributed by atoms with Gasteiger partial charge in [0.15, 0.2) is 0 Å². The van der Waals surface area contributed by atoms with E-state index in [-0.39, 0.29) is 17.4 Å². The molecular weight excluding hydrogens is 370 g/mol. The van der Waals surface area contributed by atoms with Gasteiger partial charge in [0.2, 0.25) is 5.91 Å². The molecule has 0 unspecified atom stereocenters. The van der Waals surface area contributed by atoms with E-state index < -0.39 is 0 Å². The fourth-order valence-electron chi connectivity index (χ4n) is 4.04. The topological polar surface area (TPSA) is 62.3 Å². The van der Waals surface area contributed by atoms with Crippen LogP contribution in [0.25, 0.3) is 0 Å². The minimum Gasteiger partial charge on any atom is -0.380 e. The molecule has 0 radical (unpaired) electrons. The van der Waals surface area contributed by atoms with Crippen LogP contribution >= 0.6 is 0 Å². The van der Waals surface area contributed by atoms with Gasteiger partial charge in [-0.1, -0.05) is 6.07 Å². The molecule has 2 amide bonds. The second kappa shape index (κ2) is 9.59. The quantitative estimate of drug-likeness (QED) is 0.680. The summed E-state index contributed by atoms with van der Waals surface area (Å²) >= 11 is 0. The minimum absolute atomic E-state index is 0.0569. The number of anilines is 1. The van der Waals surface area contributed by atoms with Crippen molar-refractivity contribution in [3.8, 4) is 0 Å². The van der Waals surface area contributed by atoms with Crippen LogP contribution in [0.5, 0.6) is 0 Å². The van der Waals surface area contributed by atoms with Crippen LogP contribution in [-0.2, 0) is 14.3 Å². The first-order chi connectivity index (χ1) is 13.9. The Morgan fingerprint density at radius 3 is 2.72 bits per heavy atom. The number of amides is 2. The molecule has 7 heteroatoms. The zero-order valence-electron chi connectivity index (χ0n) is 17.9. The molecule has 1 aromatic rings. The highest BCUT2D eigenvalue weighted by atomic mass is 16.5. The van der Waals surface area contributed by atoms with Crippen molar-refractivity contribution in [3.05, 3.63) is 29.8 Å². The molecule has 1 aromatic carbocycles. The highest BCUT2D eigenvalue weighted by Gasteiger charge is 2.41. The second-order valence-electron chi connectivity index (χ2n) is 8.03. The van der Waals surface area contributed by atoms with Crippen LogP contribution in [0.1, 0.15) is 36.5 Å². The molecule has 2 fully saturated rings. The summed E-state index contributed by atoms with van der Waals surface area (Å²) in [6.07, 6.45) is 1.89. The van der Waals surface area contributed by atoms with Gasteiger partial charge in [-0.15, -0.1) is 0 Å². The normalized spacial score (nSPS) is 19.3. The third kappa shape index (κ3) is 5.28. The molecule has 2 heterocycles. The summed E-state index contributed by atoms with van der Waals surface area (Å²) < 4.78 is 11.6. The predicted octanol–water partition coefficient (Wildman–Crippen LogP) is 2.01. The summed E-state index contributed by atoms with van der Waals surface area (Å²) in [7, 11) is 3.94. The third-order valence-corrected chi connectivity index (χ3v) is 5.84. The van der Waals surface area contributed by atoms with E-state index in [0.29, 0.717) is 58.0 Å². The minimum atomic E-state index is -0.360. The number of likely N-dealkylation sites (tertiary alicyclic amines) is 1. The van der Waals surface area contributed by atoms with Gasteiger partial charge in [0.25, 0.3) is 5.91 Å². The first-order valence-corrected chi connectivity index (χ1v) is 10.5. The van der Waals surface area contributed by atoms with Crippen LogP contribution in [0.15, 0.2) is 24.3 Å². The maximum atomic E-state index is 13.0. The molecule has 2 aliphatic rings. The van der Waals surface area contributed by atoms with Crippen molar-refractivity contribution in [1.82, 2.24) is 9.80 Å². The summed E-state index contributed by atoms with van der Waals surface area (Å²) in [4.78, 5) is 31.2. The molecule has 160 valence electrons. The lowest BCUT2D eigenvalue weighted by Gasteiger charge is -2.42. The van der Waals surface area contributed by atoms with Crippen molar-refractivity contribution in [2.75, 3.05) is 65.0 Å². The van der Waals surface area contributed by atoms with E-state index in [1.165, 1.54) is 0 Å². The van der Waals surface area contributed by atoms with Crippen molar-refractivity contribution in [2.24, 2.45) is 0 Å². The lowest BCUT2D eigenvalue weighted by Crippen LogP contribution is -2.53. The molecule has 2 aliphatic heterocycles. The van der Waals surface area contributed by atoms with Crippen LogP contribution in [0, 0.1) is 0 Å². The number of benzene rings is 1. The Morgan fingerprint density at radius 2 is 2.03 bits per heavy atom. The predicted molar refractivity (Wildman–Crippen MR) is 112 cm³/mol. The van der Waals surface area contributed by atoms with Gasteiger partial charge in [0.1, 0.15) is 0 Å². The van der Waals surface area contributed by atoms with Crippen LogP contribution in [0.3, 0.4) is 0 Å². The van der Waals surface area contributed by atoms with E-state index in [2.05, 4.69) is 0 Å². The first-order valence-electron chi connectivity index (χ1n) is 10.5. The van der Waals surface area contributed by atoms with Crippen LogP contribution in [-0.4, -0.2) is 87.3 Å². The van der Waals surface area contributed by atoms with Crippen molar-refractivity contribution >= 4 is 17.5 Å². The third-order valence-electron chi connectivity index (χ3n) is 5.84. The fourth-order valence-corrected chi connectivity index (χ4v) is 4.04. The Bertz CT molecular complexity index is 714. The lowest BCUT2D eigenvalue weighted by molar-refractivity contribution is -0.132. The standard InChI is InChI=1S/C22H33N3O4/c1-4-28-15-13-25-17-22(29-14-8-20(25)26)9-11-24(12-10-22)21(27)18-6-5-7-19(16-18)23(2)3/h5-7,16H,4,8-15,17H2,1-3H3.